The molecule has 0 spiro atoms. The second kappa shape index (κ2) is 5.36. The van der Waals surface area contributed by atoms with E-state index in [1.165, 1.54) is 4.46 Å². The van der Waals surface area contributed by atoms with Crippen LogP contribution in [-0.4, -0.2) is 21.6 Å². The Balaban J connectivity index is 2.28. The van der Waals surface area contributed by atoms with Gasteiger partial charge in [0, 0.05) is 0 Å². The van der Waals surface area contributed by atoms with Crippen molar-refractivity contribution in [2.24, 2.45) is 0 Å². The summed E-state index contributed by atoms with van der Waals surface area (Å²) in [5, 5.41) is 1.11. The third kappa shape index (κ3) is 3.57. The molecule has 0 N–H and O–H groups in total. The Labute approximate surface area is 73.9 Å². The SMILES string of the molecule is [CH2]OCC[Se]c1ccccc1. The summed E-state index contributed by atoms with van der Waals surface area (Å²) in [6, 6.07) is 10.5. The summed E-state index contributed by atoms with van der Waals surface area (Å²) in [6.45, 7) is 0.773. The molecule has 0 saturated carbocycles. The van der Waals surface area contributed by atoms with Crippen LogP contribution in [0.1, 0.15) is 0 Å². The molecule has 0 aliphatic rings. The third-order valence-corrected chi connectivity index (χ3v) is 3.29. The number of hydrogen-bond acceptors (Lipinski definition) is 1. The molecule has 2 heteroatoms. The maximum absolute atomic E-state index is 4.73. The fourth-order valence-electron chi connectivity index (χ4n) is 0.735. The zero-order chi connectivity index (χ0) is 7.94. The zero-order valence-corrected chi connectivity index (χ0v) is 8.04. The van der Waals surface area contributed by atoms with Crippen LogP contribution in [0.25, 0.3) is 0 Å². The molecule has 0 unspecified atom stereocenters. The Kier molecular flexibility index (Phi) is 4.29. The summed E-state index contributed by atoms with van der Waals surface area (Å²) in [5.74, 6) is 0. The van der Waals surface area contributed by atoms with Crippen LogP contribution in [0.4, 0.5) is 0 Å². The Morgan fingerprint density at radius 2 is 2.00 bits per heavy atom. The molecular weight excluding hydrogens is 203 g/mol. The van der Waals surface area contributed by atoms with Gasteiger partial charge in [-0.2, -0.15) is 0 Å². The van der Waals surface area contributed by atoms with Crippen molar-refractivity contribution >= 4 is 19.4 Å². The first-order valence-corrected chi connectivity index (χ1v) is 5.55. The first-order valence-electron chi connectivity index (χ1n) is 3.48. The molecule has 1 rings (SSSR count). The van der Waals surface area contributed by atoms with Gasteiger partial charge in [-0.05, 0) is 0 Å². The summed E-state index contributed by atoms with van der Waals surface area (Å²) in [4.78, 5) is 0. The average molecular weight is 214 g/mol. The standard InChI is InChI=1S/C9H11OSe/c1-10-7-8-11-9-5-3-2-4-6-9/h2-6H,1,7-8H2. The van der Waals surface area contributed by atoms with E-state index in [9.17, 15) is 0 Å². The van der Waals surface area contributed by atoms with Crippen LogP contribution in [0.5, 0.6) is 0 Å². The van der Waals surface area contributed by atoms with Gasteiger partial charge in [-0.1, -0.05) is 0 Å². The second-order valence-corrected chi connectivity index (χ2v) is 4.52. The predicted octanol–water partition coefficient (Wildman–Crippen LogP) is 1.24. The van der Waals surface area contributed by atoms with E-state index >= 15 is 0 Å². The van der Waals surface area contributed by atoms with Crippen molar-refractivity contribution in [1.82, 2.24) is 0 Å². The molecule has 1 aromatic rings. The van der Waals surface area contributed by atoms with Gasteiger partial charge in [0.1, 0.15) is 0 Å². The average Bonchev–Trinajstić information content (AvgIpc) is 2.07. The zero-order valence-electron chi connectivity index (χ0n) is 6.32. The van der Waals surface area contributed by atoms with E-state index in [-0.39, 0.29) is 0 Å². The van der Waals surface area contributed by atoms with Crippen LogP contribution in [0.15, 0.2) is 30.3 Å². The normalized spacial score (nSPS) is 9.91. The molecule has 0 aromatic heterocycles. The predicted molar refractivity (Wildman–Crippen MR) is 47.9 cm³/mol. The Bertz CT molecular complexity index is 186. The van der Waals surface area contributed by atoms with Crippen LogP contribution in [-0.2, 0) is 4.74 Å². The quantitative estimate of drug-likeness (QED) is 0.541. The van der Waals surface area contributed by atoms with Gasteiger partial charge in [0.25, 0.3) is 0 Å². The number of rotatable bonds is 4. The summed E-state index contributed by atoms with van der Waals surface area (Å²) in [5.41, 5.74) is 0. The second-order valence-electron chi connectivity index (χ2n) is 2.07. The topological polar surface area (TPSA) is 9.23 Å². The minimum absolute atomic E-state index is 0.555. The fraction of sp³-hybridized carbons (Fsp3) is 0.222. The van der Waals surface area contributed by atoms with Gasteiger partial charge in [0.2, 0.25) is 0 Å². The Hall–Kier alpha value is -0.301. The van der Waals surface area contributed by atoms with Crippen molar-refractivity contribution in [2.45, 2.75) is 5.32 Å². The summed E-state index contributed by atoms with van der Waals surface area (Å²) >= 11 is 0.555. The molecule has 1 radical (unpaired) electrons. The van der Waals surface area contributed by atoms with Crippen LogP contribution in [0.3, 0.4) is 0 Å². The van der Waals surface area contributed by atoms with Gasteiger partial charge in [0.05, 0.1) is 0 Å². The summed E-state index contributed by atoms with van der Waals surface area (Å²) in [6.07, 6.45) is 0. The molecule has 0 heterocycles. The molecule has 11 heavy (non-hydrogen) atoms. The van der Waals surface area contributed by atoms with E-state index in [1.807, 2.05) is 6.07 Å². The molecule has 0 amide bonds. The molecule has 0 fully saturated rings. The maximum atomic E-state index is 4.73. The number of benzene rings is 1. The molecular formula is C9H11OSe. The molecule has 0 aliphatic carbocycles. The molecule has 0 atom stereocenters. The van der Waals surface area contributed by atoms with E-state index in [0.29, 0.717) is 15.0 Å². The van der Waals surface area contributed by atoms with Gasteiger partial charge >= 0.3 is 73.5 Å². The van der Waals surface area contributed by atoms with Gasteiger partial charge in [-0.25, -0.2) is 0 Å². The molecule has 59 valence electrons. The molecule has 1 aromatic carbocycles. The van der Waals surface area contributed by atoms with Crippen molar-refractivity contribution in [3.63, 3.8) is 0 Å². The minimum atomic E-state index is 0.555. The van der Waals surface area contributed by atoms with Crippen LogP contribution < -0.4 is 4.46 Å². The monoisotopic (exact) mass is 215 g/mol. The van der Waals surface area contributed by atoms with Gasteiger partial charge in [0.15, 0.2) is 0 Å². The van der Waals surface area contributed by atoms with E-state index < -0.39 is 0 Å². The van der Waals surface area contributed by atoms with Crippen molar-refractivity contribution in [1.29, 1.82) is 0 Å². The molecule has 0 aliphatic heterocycles. The molecule has 0 bridgehead atoms. The van der Waals surface area contributed by atoms with Crippen LogP contribution >= 0.6 is 0 Å². The molecule has 0 saturated heterocycles. The third-order valence-electron chi connectivity index (χ3n) is 1.24. The van der Waals surface area contributed by atoms with E-state index in [0.717, 1.165) is 11.9 Å². The van der Waals surface area contributed by atoms with Gasteiger partial charge in [-0.15, -0.1) is 0 Å². The Morgan fingerprint density at radius 3 is 2.64 bits per heavy atom. The van der Waals surface area contributed by atoms with E-state index in [2.05, 4.69) is 31.4 Å². The van der Waals surface area contributed by atoms with E-state index in [1.54, 1.807) is 0 Å². The summed E-state index contributed by atoms with van der Waals surface area (Å²) in [7, 11) is 3.33. The van der Waals surface area contributed by atoms with Crippen molar-refractivity contribution in [3.05, 3.63) is 37.4 Å². The van der Waals surface area contributed by atoms with Crippen LogP contribution in [0, 0.1) is 7.11 Å². The van der Waals surface area contributed by atoms with Crippen molar-refractivity contribution in [3.8, 4) is 0 Å². The van der Waals surface area contributed by atoms with Crippen molar-refractivity contribution < 1.29 is 4.74 Å². The van der Waals surface area contributed by atoms with Crippen LogP contribution in [0.2, 0.25) is 5.32 Å². The Morgan fingerprint density at radius 1 is 1.27 bits per heavy atom. The summed E-state index contributed by atoms with van der Waals surface area (Å²) < 4.78 is 6.16. The van der Waals surface area contributed by atoms with Gasteiger partial charge < -0.3 is 0 Å². The fourth-order valence-corrected chi connectivity index (χ4v) is 2.39. The number of ether oxygens (including phenoxy) is 1. The first kappa shape index (κ1) is 8.79. The number of hydrogen-bond donors (Lipinski definition) is 0. The van der Waals surface area contributed by atoms with Gasteiger partial charge in [-0.3, -0.25) is 0 Å². The molecule has 1 nitrogen and oxygen atoms in total. The van der Waals surface area contributed by atoms with Crippen molar-refractivity contribution in [2.75, 3.05) is 6.61 Å². The first-order chi connectivity index (χ1) is 5.43. The van der Waals surface area contributed by atoms with E-state index in [4.69, 9.17) is 4.74 Å².